The first-order valence-corrected chi connectivity index (χ1v) is 22.1. The van der Waals surface area contributed by atoms with Crippen molar-refractivity contribution in [2.75, 3.05) is 77.1 Å². The number of rotatable bonds is 28. The number of hydrogen-bond acceptors (Lipinski definition) is 11. The van der Waals surface area contributed by atoms with E-state index in [1.165, 1.54) is 0 Å². The first-order chi connectivity index (χ1) is 24.3. The predicted octanol–water partition coefficient (Wildman–Crippen LogP) is 6.92. The van der Waals surface area contributed by atoms with Crippen molar-refractivity contribution in [3.63, 3.8) is 0 Å². The average molecular weight is 852 g/mol. The Morgan fingerprint density at radius 2 is 0.849 bits per heavy atom. The fraction of sp³-hybridized carbons (Fsp3) is 0.966. The highest BCUT2D eigenvalue weighted by atomic mass is 28.4. The zero-order valence-electron chi connectivity index (χ0n) is 32.4. The molecule has 0 aromatic rings. The molecule has 12 nitrogen and oxygen atoms in total. The topological polar surface area (TPSA) is 121 Å². The largest absolute Gasteiger partial charge is 0.522 e. The first-order valence-electron chi connectivity index (χ1n) is 16.3. The number of carbonyl (C=O) groups excluding carboxylic acids is 1. The van der Waals surface area contributed by atoms with Crippen LogP contribution in [0.5, 0.6) is 0 Å². The van der Waals surface area contributed by atoms with Gasteiger partial charge in [-0.15, -0.1) is 13.2 Å². The van der Waals surface area contributed by atoms with Crippen molar-refractivity contribution < 1.29 is 88.9 Å². The summed E-state index contributed by atoms with van der Waals surface area (Å²) in [5.41, 5.74) is -0.189. The van der Waals surface area contributed by atoms with Crippen LogP contribution in [0.4, 0.5) is 39.5 Å². The normalized spacial score (nSPS) is 13.9. The van der Waals surface area contributed by atoms with E-state index in [2.05, 4.69) is 10.1 Å². The highest BCUT2D eigenvalue weighted by molar-refractivity contribution is 6.61. The van der Waals surface area contributed by atoms with E-state index in [9.17, 15) is 44.3 Å². The number of hydrogen-bond donors (Lipinski definition) is 1. The Hall–Kier alpha value is -0.909. The molecule has 0 radical (unpaired) electrons. The highest BCUT2D eigenvalue weighted by Gasteiger charge is 2.68. The van der Waals surface area contributed by atoms with Gasteiger partial charge in [-0.05, 0) is 43.9 Å². The molecule has 0 heterocycles. The van der Waals surface area contributed by atoms with Gasteiger partial charge in [0.2, 0.25) is 5.91 Å². The lowest BCUT2D eigenvalue weighted by Crippen LogP contribution is -2.53. The Morgan fingerprint density at radius 1 is 0.547 bits per heavy atom. The number of ether oxygens (including phenoxy) is 1. The third kappa shape index (κ3) is 18.3. The third-order valence-corrected chi connectivity index (χ3v) is 17.3. The van der Waals surface area contributed by atoms with Crippen LogP contribution in [0, 0.1) is 5.41 Å². The van der Waals surface area contributed by atoms with Gasteiger partial charge in [0.1, 0.15) is 0 Å². The van der Waals surface area contributed by atoms with Crippen LogP contribution in [0.3, 0.4) is 0 Å². The molecule has 0 bridgehead atoms. The Morgan fingerprint density at radius 3 is 1.08 bits per heavy atom. The maximum Gasteiger partial charge on any atom is 0.522 e. The van der Waals surface area contributed by atoms with Gasteiger partial charge in [-0.2, -0.15) is 26.3 Å². The summed E-state index contributed by atoms with van der Waals surface area (Å²) in [4.78, 5) is 11.9. The van der Waals surface area contributed by atoms with E-state index in [0.29, 0.717) is 24.7 Å². The lowest BCUT2D eigenvalue weighted by atomic mass is 9.75. The lowest BCUT2D eigenvalue weighted by molar-refractivity contribution is -0.340. The Balaban J connectivity index is 0. The van der Waals surface area contributed by atoms with Crippen molar-refractivity contribution in [3.05, 3.63) is 0 Å². The van der Waals surface area contributed by atoms with E-state index in [1.807, 2.05) is 0 Å². The van der Waals surface area contributed by atoms with Crippen LogP contribution >= 0.6 is 0 Å². The van der Waals surface area contributed by atoms with E-state index in [-0.39, 0.29) is 11.3 Å². The molecule has 0 aliphatic rings. The van der Waals surface area contributed by atoms with Gasteiger partial charge in [0.05, 0.1) is 6.61 Å². The molecule has 24 heteroatoms. The van der Waals surface area contributed by atoms with Crippen LogP contribution in [0.1, 0.15) is 58.8 Å². The molecule has 0 saturated heterocycles. The number of amides is 1. The van der Waals surface area contributed by atoms with Crippen molar-refractivity contribution in [1.29, 1.82) is 0 Å². The quantitative estimate of drug-likeness (QED) is 0.0653. The summed E-state index contributed by atoms with van der Waals surface area (Å²) in [6.07, 6.45) is -2.45. The monoisotopic (exact) mass is 851 g/mol. The summed E-state index contributed by atoms with van der Waals surface area (Å²) in [6, 6.07) is 2.04. The molecule has 0 unspecified atom stereocenters. The number of nitrogens with one attached hydrogen (secondary N) is 1. The summed E-state index contributed by atoms with van der Waals surface area (Å²) in [6.45, 7) is -0.207. The second kappa shape index (κ2) is 24.0. The van der Waals surface area contributed by atoms with E-state index < -0.39 is 70.5 Å². The minimum Gasteiger partial charge on any atom is -0.377 e. The van der Waals surface area contributed by atoms with E-state index in [4.69, 9.17) is 39.8 Å². The standard InChI is InChI=1S/C22H51NO10Si3.C7H7F9O/c1-21(24)23-20-22(14-11-17-34(25-2,26-3)27-4,15-12-18-35(28-5,29-6)30-7)16-13-19-36(31-8,32-9)33-10;1-4(8,9)6(12,13)5(10,11)2-3-17-7(14,15)16/h11-20H2,1-10H3,(H,23,24);2-3H2,1H3. The summed E-state index contributed by atoms with van der Waals surface area (Å²) in [5.74, 6) is -16.2. The molecule has 1 N–H and O–H groups in total. The molecule has 1 amide bonds. The molecule has 53 heavy (non-hydrogen) atoms. The summed E-state index contributed by atoms with van der Waals surface area (Å²) >= 11 is 0. The van der Waals surface area contributed by atoms with Crippen LogP contribution in [0.2, 0.25) is 18.1 Å². The summed E-state index contributed by atoms with van der Waals surface area (Å²) < 4.78 is 162. The van der Waals surface area contributed by atoms with Crippen molar-refractivity contribution in [1.82, 2.24) is 5.32 Å². The molecule has 320 valence electrons. The van der Waals surface area contributed by atoms with E-state index >= 15 is 0 Å². The maximum absolute atomic E-state index is 12.6. The predicted molar refractivity (Wildman–Crippen MR) is 181 cm³/mol. The van der Waals surface area contributed by atoms with Crippen molar-refractivity contribution in [3.8, 4) is 0 Å². The van der Waals surface area contributed by atoms with Crippen molar-refractivity contribution >= 4 is 32.3 Å². The molecule has 0 rings (SSSR count). The smallest absolute Gasteiger partial charge is 0.377 e. The van der Waals surface area contributed by atoms with Gasteiger partial charge < -0.3 is 45.2 Å². The second-order valence-electron chi connectivity index (χ2n) is 12.1. The highest BCUT2D eigenvalue weighted by Crippen LogP contribution is 2.47. The molecule has 0 fully saturated rings. The van der Waals surface area contributed by atoms with Gasteiger partial charge in [-0.3, -0.25) is 9.53 Å². The van der Waals surface area contributed by atoms with Gasteiger partial charge >= 0.3 is 50.5 Å². The molecule has 0 aromatic heterocycles. The van der Waals surface area contributed by atoms with Gasteiger partial charge in [0.25, 0.3) is 0 Å². The number of alkyl halides is 9. The van der Waals surface area contributed by atoms with Crippen LogP contribution in [0.15, 0.2) is 0 Å². The van der Waals surface area contributed by atoms with Gasteiger partial charge in [-0.25, -0.2) is 0 Å². The minimum absolute atomic E-state index is 0.0578. The number of halogens is 9. The fourth-order valence-corrected chi connectivity index (χ4v) is 10.6. The van der Waals surface area contributed by atoms with E-state index in [0.717, 1.165) is 38.5 Å². The molecular weight excluding hydrogens is 794 g/mol. The molecule has 0 saturated carbocycles. The van der Waals surface area contributed by atoms with Crippen LogP contribution < -0.4 is 5.32 Å². The molecule has 0 aromatic carbocycles. The molecule has 0 spiro atoms. The SMILES string of the molecule is CC(F)(F)C(F)(F)C(F)(F)CCOC(F)(F)F.CO[Si](CCCC(CCC[Si](OC)(OC)OC)(CCC[Si](OC)(OC)OC)CNC(C)=O)(OC)OC. The summed E-state index contributed by atoms with van der Waals surface area (Å²) in [5, 5.41) is 3.07. The van der Waals surface area contributed by atoms with E-state index in [1.54, 1.807) is 70.9 Å². The molecular formula is C29H58F9NO11Si3. The minimum atomic E-state index is -5.76. The van der Waals surface area contributed by atoms with Gasteiger partial charge in [-0.1, -0.05) is 0 Å². The Kier molecular flexibility index (Phi) is 24.5. The summed E-state index contributed by atoms with van der Waals surface area (Å²) in [7, 11) is 6.48. The average Bonchev–Trinajstić information content (AvgIpc) is 3.09. The Bertz CT molecular complexity index is 916. The number of carbonyl (C=O) groups is 1. The second-order valence-corrected chi connectivity index (χ2v) is 21.3. The lowest BCUT2D eigenvalue weighted by Gasteiger charge is -2.37. The first kappa shape index (κ1) is 54.2. The fourth-order valence-electron chi connectivity index (χ4n) is 5.43. The van der Waals surface area contributed by atoms with Crippen LogP contribution in [-0.4, -0.2) is 134 Å². The zero-order valence-corrected chi connectivity index (χ0v) is 35.4. The molecule has 0 aliphatic carbocycles. The maximum atomic E-state index is 12.6. The van der Waals surface area contributed by atoms with Crippen LogP contribution in [0.25, 0.3) is 0 Å². The third-order valence-electron chi connectivity index (χ3n) is 8.77. The zero-order chi connectivity index (χ0) is 41.8. The van der Waals surface area contributed by atoms with Crippen molar-refractivity contribution in [2.45, 2.75) is 101 Å². The molecule has 0 atom stereocenters. The van der Waals surface area contributed by atoms with Gasteiger partial charge in [0, 0.05) is 109 Å². The van der Waals surface area contributed by atoms with Crippen LogP contribution in [-0.2, 0) is 49.4 Å². The molecule has 0 aliphatic heterocycles. The Labute approximate surface area is 310 Å². The van der Waals surface area contributed by atoms with Gasteiger partial charge in [0.15, 0.2) is 0 Å². The van der Waals surface area contributed by atoms with Crippen molar-refractivity contribution in [2.24, 2.45) is 5.41 Å².